The van der Waals surface area contributed by atoms with Gasteiger partial charge in [-0.15, -0.1) is 0 Å². The van der Waals surface area contributed by atoms with Gasteiger partial charge in [0, 0.05) is 26.2 Å². The summed E-state index contributed by atoms with van der Waals surface area (Å²) in [4.78, 5) is 26.5. The molecule has 1 N–H and O–H groups in total. The molecule has 0 bridgehead atoms. The molecule has 0 spiro atoms. The van der Waals surface area contributed by atoms with Gasteiger partial charge in [0.2, 0.25) is 5.91 Å². The second-order valence-corrected chi connectivity index (χ2v) is 5.03. The number of carboxylic acid groups (broad SMARTS) is 1. The number of nitrogens with zero attached hydrogens (tertiary/aromatic N) is 2. The number of likely N-dealkylation sites (tertiary alicyclic amines) is 1. The maximum atomic E-state index is 12.2. The highest BCUT2D eigenvalue weighted by molar-refractivity contribution is 5.79. The summed E-state index contributed by atoms with van der Waals surface area (Å²) in [5.41, 5.74) is 0. The van der Waals surface area contributed by atoms with Gasteiger partial charge in [-0.25, -0.2) is 0 Å². The van der Waals surface area contributed by atoms with Crippen molar-refractivity contribution in [3.05, 3.63) is 0 Å². The molecule has 0 saturated carbocycles. The van der Waals surface area contributed by atoms with Gasteiger partial charge in [-0.05, 0) is 26.2 Å². The molecule has 6 heteroatoms. The Hall–Kier alpha value is -1.14. The predicted octanol–water partition coefficient (Wildman–Crippen LogP) is 0.420. The quantitative estimate of drug-likeness (QED) is 0.727. The van der Waals surface area contributed by atoms with Crippen molar-refractivity contribution in [2.45, 2.75) is 32.2 Å². The smallest absolute Gasteiger partial charge is 0.317 e. The molecule has 1 aliphatic rings. The molecular formula is C13H24N2O4. The SMILES string of the molecule is COCCN(CC(=O)O)CC(=O)N1CCCCC1C. The summed E-state index contributed by atoms with van der Waals surface area (Å²) < 4.78 is 4.94. The lowest BCUT2D eigenvalue weighted by molar-refractivity contribution is -0.140. The normalized spacial score (nSPS) is 19.7. The van der Waals surface area contributed by atoms with Crippen LogP contribution in [0.5, 0.6) is 0 Å². The number of carbonyl (C=O) groups excluding carboxylic acids is 1. The molecule has 0 aliphatic carbocycles. The van der Waals surface area contributed by atoms with Crippen LogP contribution in [0.15, 0.2) is 0 Å². The van der Waals surface area contributed by atoms with E-state index in [9.17, 15) is 9.59 Å². The van der Waals surface area contributed by atoms with Crippen LogP contribution in [-0.2, 0) is 14.3 Å². The molecule has 1 atom stereocenters. The Morgan fingerprint density at radius 3 is 2.68 bits per heavy atom. The average molecular weight is 272 g/mol. The highest BCUT2D eigenvalue weighted by atomic mass is 16.5. The van der Waals surface area contributed by atoms with Crippen LogP contribution in [0, 0.1) is 0 Å². The molecule has 1 rings (SSSR count). The lowest BCUT2D eigenvalue weighted by atomic mass is 10.0. The lowest BCUT2D eigenvalue weighted by Crippen LogP contribution is -2.48. The molecule has 1 saturated heterocycles. The van der Waals surface area contributed by atoms with Crippen LogP contribution in [0.25, 0.3) is 0 Å². The number of carbonyl (C=O) groups is 2. The Labute approximate surface area is 114 Å². The molecule has 0 aromatic heterocycles. The zero-order chi connectivity index (χ0) is 14.3. The van der Waals surface area contributed by atoms with Crippen molar-refractivity contribution in [1.82, 2.24) is 9.80 Å². The van der Waals surface area contributed by atoms with Crippen molar-refractivity contribution < 1.29 is 19.4 Å². The van der Waals surface area contributed by atoms with Crippen LogP contribution >= 0.6 is 0 Å². The minimum absolute atomic E-state index is 0.0181. The van der Waals surface area contributed by atoms with Crippen molar-refractivity contribution >= 4 is 11.9 Å². The summed E-state index contributed by atoms with van der Waals surface area (Å²) >= 11 is 0. The summed E-state index contributed by atoms with van der Waals surface area (Å²) in [6.07, 6.45) is 3.23. The fourth-order valence-corrected chi connectivity index (χ4v) is 2.38. The molecule has 1 unspecified atom stereocenters. The number of aliphatic carboxylic acids is 1. The second kappa shape index (κ2) is 8.12. The van der Waals surface area contributed by atoms with Crippen LogP contribution in [0.3, 0.4) is 0 Å². The molecular weight excluding hydrogens is 248 g/mol. The molecule has 1 heterocycles. The summed E-state index contributed by atoms with van der Waals surface area (Å²) in [5.74, 6) is -0.903. The number of rotatable bonds is 7. The fourth-order valence-electron chi connectivity index (χ4n) is 2.38. The third-order valence-electron chi connectivity index (χ3n) is 3.45. The van der Waals surface area contributed by atoms with E-state index in [4.69, 9.17) is 9.84 Å². The van der Waals surface area contributed by atoms with Gasteiger partial charge in [0.25, 0.3) is 0 Å². The van der Waals surface area contributed by atoms with E-state index in [0.29, 0.717) is 13.2 Å². The topological polar surface area (TPSA) is 70.1 Å². The molecule has 0 aromatic carbocycles. The molecule has 1 fully saturated rings. The van der Waals surface area contributed by atoms with Gasteiger partial charge in [-0.2, -0.15) is 0 Å². The molecule has 0 aromatic rings. The van der Waals surface area contributed by atoms with Gasteiger partial charge in [0.1, 0.15) is 0 Å². The number of piperidine rings is 1. The Balaban J connectivity index is 2.50. The highest BCUT2D eigenvalue weighted by Crippen LogP contribution is 2.16. The molecule has 110 valence electrons. The van der Waals surface area contributed by atoms with E-state index < -0.39 is 5.97 Å². The van der Waals surface area contributed by atoms with E-state index in [0.717, 1.165) is 25.8 Å². The van der Waals surface area contributed by atoms with Crippen molar-refractivity contribution in [2.24, 2.45) is 0 Å². The molecule has 19 heavy (non-hydrogen) atoms. The van der Waals surface area contributed by atoms with E-state index in [-0.39, 0.29) is 25.0 Å². The van der Waals surface area contributed by atoms with E-state index in [1.807, 2.05) is 11.8 Å². The number of amides is 1. The lowest BCUT2D eigenvalue weighted by Gasteiger charge is -2.34. The van der Waals surface area contributed by atoms with Crippen molar-refractivity contribution in [3.63, 3.8) is 0 Å². The maximum Gasteiger partial charge on any atom is 0.317 e. The largest absolute Gasteiger partial charge is 0.480 e. The third-order valence-corrected chi connectivity index (χ3v) is 3.45. The Morgan fingerprint density at radius 2 is 2.11 bits per heavy atom. The zero-order valence-electron chi connectivity index (χ0n) is 11.8. The zero-order valence-corrected chi connectivity index (χ0v) is 11.8. The van der Waals surface area contributed by atoms with E-state index in [2.05, 4.69) is 0 Å². The van der Waals surface area contributed by atoms with Gasteiger partial charge in [-0.3, -0.25) is 14.5 Å². The second-order valence-electron chi connectivity index (χ2n) is 5.03. The Bertz CT molecular complexity index is 309. The van der Waals surface area contributed by atoms with Gasteiger partial charge in [0.05, 0.1) is 19.7 Å². The summed E-state index contributed by atoms with van der Waals surface area (Å²) in [6.45, 7) is 3.74. The fraction of sp³-hybridized carbons (Fsp3) is 0.846. The van der Waals surface area contributed by atoms with E-state index in [1.165, 1.54) is 0 Å². The van der Waals surface area contributed by atoms with Gasteiger partial charge >= 0.3 is 5.97 Å². The third kappa shape index (κ3) is 5.57. The molecule has 1 amide bonds. The summed E-state index contributed by atoms with van der Waals surface area (Å²) in [7, 11) is 1.56. The summed E-state index contributed by atoms with van der Waals surface area (Å²) in [5, 5.41) is 8.85. The molecule has 1 aliphatic heterocycles. The van der Waals surface area contributed by atoms with E-state index >= 15 is 0 Å². The van der Waals surface area contributed by atoms with Crippen molar-refractivity contribution in [3.8, 4) is 0 Å². The van der Waals surface area contributed by atoms with Crippen molar-refractivity contribution in [1.29, 1.82) is 0 Å². The minimum atomic E-state index is -0.921. The van der Waals surface area contributed by atoms with Crippen LogP contribution in [-0.4, -0.2) is 72.7 Å². The number of methoxy groups -OCH3 is 1. The van der Waals surface area contributed by atoms with E-state index in [1.54, 1.807) is 12.0 Å². The number of hydrogen-bond acceptors (Lipinski definition) is 4. The number of ether oxygens (including phenoxy) is 1. The summed E-state index contributed by atoms with van der Waals surface area (Å²) in [6, 6.07) is 0.260. The minimum Gasteiger partial charge on any atom is -0.480 e. The van der Waals surface area contributed by atoms with Gasteiger partial charge in [-0.1, -0.05) is 0 Å². The first-order valence-corrected chi connectivity index (χ1v) is 6.77. The molecule has 0 radical (unpaired) electrons. The number of hydrogen-bond donors (Lipinski definition) is 1. The van der Waals surface area contributed by atoms with Crippen LogP contribution in [0.4, 0.5) is 0 Å². The first kappa shape index (κ1) is 15.9. The monoisotopic (exact) mass is 272 g/mol. The Kier molecular flexibility index (Phi) is 6.80. The van der Waals surface area contributed by atoms with Gasteiger partial charge < -0.3 is 14.7 Å². The van der Waals surface area contributed by atoms with Crippen molar-refractivity contribution in [2.75, 3.05) is 39.9 Å². The number of carboxylic acids is 1. The molecule has 6 nitrogen and oxygen atoms in total. The van der Waals surface area contributed by atoms with Crippen LogP contribution < -0.4 is 0 Å². The Morgan fingerprint density at radius 1 is 1.37 bits per heavy atom. The average Bonchev–Trinajstić information content (AvgIpc) is 2.35. The predicted molar refractivity (Wildman–Crippen MR) is 71.0 cm³/mol. The first-order valence-electron chi connectivity index (χ1n) is 6.77. The van der Waals surface area contributed by atoms with Gasteiger partial charge in [0.15, 0.2) is 0 Å². The standard InChI is InChI=1S/C13H24N2O4/c1-11-5-3-4-6-15(11)12(16)9-14(7-8-19-2)10-13(17)18/h11H,3-10H2,1-2H3,(H,17,18). The van der Waals surface area contributed by atoms with Crippen LogP contribution in [0.2, 0.25) is 0 Å². The highest BCUT2D eigenvalue weighted by Gasteiger charge is 2.25. The first-order chi connectivity index (χ1) is 9.04. The van der Waals surface area contributed by atoms with Crippen LogP contribution in [0.1, 0.15) is 26.2 Å². The maximum absolute atomic E-state index is 12.2.